The molecule has 1 aromatic carbocycles. The van der Waals surface area contributed by atoms with E-state index in [1.54, 1.807) is 4.90 Å². The van der Waals surface area contributed by atoms with Gasteiger partial charge in [-0.15, -0.1) is 11.8 Å². The van der Waals surface area contributed by atoms with Crippen molar-refractivity contribution in [1.82, 2.24) is 14.9 Å². The number of nitrogen functional groups attached to an aromatic ring is 1. The number of amides is 1. The number of anilines is 1. The van der Waals surface area contributed by atoms with Gasteiger partial charge in [-0.1, -0.05) is 11.6 Å². The highest BCUT2D eigenvalue weighted by molar-refractivity contribution is 8.00. The van der Waals surface area contributed by atoms with Crippen molar-refractivity contribution < 1.29 is 4.79 Å². The molecule has 0 atom stereocenters. The number of nitrogens with two attached hydrogens (primary N) is 1. The van der Waals surface area contributed by atoms with E-state index in [-0.39, 0.29) is 17.4 Å². The molecular formula is C16H17ClN4OS. The second-order valence-electron chi connectivity index (χ2n) is 5.35. The number of hydrogen-bond donors (Lipinski definition) is 1. The summed E-state index contributed by atoms with van der Waals surface area (Å²) in [5, 5.41) is 1.25. The lowest BCUT2D eigenvalue weighted by molar-refractivity contribution is 0.0722. The maximum Gasteiger partial charge on any atom is 0.276 e. The lowest BCUT2D eigenvalue weighted by Crippen LogP contribution is -2.40. The fraction of sp³-hybridized carbons (Fsp3) is 0.312. The SMILES string of the molecule is Nc1nccnc1C(=O)N1CCC(Sc2ccc(Cl)cc2)CC1. The van der Waals surface area contributed by atoms with Gasteiger partial charge in [0, 0.05) is 40.7 Å². The molecule has 0 bridgehead atoms. The zero-order chi connectivity index (χ0) is 16.2. The average Bonchev–Trinajstić information content (AvgIpc) is 2.57. The molecule has 2 N–H and O–H groups in total. The Morgan fingerprint density at radius 1 is 1.17 bits per heavy atom. The molecule has 0 spiro atoms. The average molecular weight is 349 g/mol. The zero-order valence-corrected chi connectivity index (χ0v) is 14.1. The first-order chi connectivity index (χ1) is 11.1. The highest BCUT2D eigenvalue weighted by atomic mass is 35.5. The fourth-order valence-corrected chi connectivity index (χ4v) is 3.80. The maximum absolute atomic E-state index is 12.4. The van der Waals surface area contributed by atoms with E-state index in [0.29, 0.717) is 18.3 Å². The molecule has 0 saturated carbocycles. The molecule has 2 heterocycles. The first kappa shape index (κ1) is 16.1. The Kier molecular flexibility index (Phi) is 5.03. The van der Waals surface area contributed by atoms with Crippen molar-refractivity contribution in [3.8, 4) is 0 Å². The molecule has 1 fully saturated rings. The number of halogens is 1. The first-order valence-corrected chi connectivity index (χ1v) is 8.67. The third kappa shape index (κ3) is 3.95. The number of hydrogen-bond acceptors (Lipinski definition) is 5. The van der Waals surface area contributed by atoms with Gasteiger partial charge in [-0.2, -0.15) is 0 Å². The van der Waals surface area contributed by atoms with Crippen LogP contribution in [0.2, 0.25) is 5.02 Å². The number of benzene rings is 1. The van der Waals surface area contributed by atoms with Gasteiger partial charge in [0.25, 0.3) is 5.91 Å². The van der Waals surface area contributed by atoms with Gasteiger partial charge < -0.3 is 10.6 Å². The van der Waals surface area contributed by atoms with Crippen LogP contribution < -0.4 is 5.73 Å². The van der Waals surface area contributed by atoms with Crippen molar-refractivity contribution in [2.75, 3.05) is 18.8 Å². The minimum absolute atomic E-state index is 0.134. The van der Waals surface area contributed by atoms with Crippen LogP contribution in [0.5, 0.6) is 0 Å². The molecular weight excluding hydrogens is 332 g/mol. The molecule has 7 heteroatoms. The number of piperidine rings is 1. The summed E-state index contributed by atoms with van der Waals surface area (Å²) in [6.45, 7) is 1.42. The largest absolute Gasteiger partial charge is 0.382 e. The summed E-state index contributed by atoms with van der Waals surface area (Å²) in [5.41, 5.74) is 5.98. The highest BCUT2D eigenvalue weighted by Crippen LogP contribution is 2.31. The molecule has 1 aliphatic rings. The van der Waals surface area contributed by atoms with Gasteiger partial charge >= 0.3 is 0 Å². The monoisotopic (exact) mass is 348 g/mol. The molecule has 120 valence electrons. The van der Waals surface area contributed by atoms with Crippen LogP contribution in [0, 0.1) is 0 Å². The Hall–Kier alpha value is -1.79. The normalized spacial score (nSPS) is 15.6. The summed E-state index contributed by atoms with van der Waals surface area (Å²) in [6.07, 6.45) is 4.87. The van der Waals surface area contributed by atoms with Crippen molar-refractivity contribution in [3.63, 3.8) is 0 Å². The predicted molar refractivity (Wildman–Crippen MR) is 92.7 cm³/mol. The Morgan fingerprint density at radius 2 is 1.83 bits per heavy atom. The Balaban J connectivity index is 1.57. The van der Waals surface area contributed by atoms with E-state index in [0.717, 1.165) is 17.9 Å². The van der Waals surface area contributed by atoms with Crippen molar-refractivity contribution in [1.29, 1.82) is 0 Å². The van der Waals surface area contributed by atoms with Gasteiger partial charge in [0.15, 0.2) is 11.5 Å². The van der Waals surface area contributed by atoms with Gasteiger partial charge in [-0.05, 0) is 37.1 Å². The van der Waals surface area contributed by atoms with E-state index in [1.807, 2.05) is 36.0 Å². The van der Waals surface area contributed by atoms with Gasteiger partial charge in [-0.3, -0.25) is 4.79 Å². The standard InChI is InChI=1S/C16H17ClN4OS/c17-11-1-3-12(4-2-11)23-13-5-9-21(10-6-13)16(22)14-15(18)20-8-7-19-14/h1-4,7-8,13H,5-6,9-10H2,(H2,18,20). The molecule has 3 rings (SSSR count). The third-order valence-corrected chi connectivity index (χ3v) is 5.38. The molecule has 1 amide bonds. The summed E-state index contributed by atoms with van der Waals surface area (Å²) >= 11 is 7.74. The number of rotatable bonds is 3. The number of carbonyl (C=O) groups is 1. The van der Waals surface area contributed by atoms with Crippen molar-refractivity contribution in [2.24, 2.45) is 0 Å². The molecule has 23 heavy (non-hydrogen) atoms. The van der Waals surface area contributed by atoms with Gasteiger partial charge in [0.05, 0.1) is 0 Å². The summed E-state index contributed by atoms with van der Waals surface area (Å²) in [7, 11) is 0. The zero-order valence-electron chi connectivity index (χ0n) is 12.5. The molecule has 1 saturated heterocycles. The Labute approximate surface area is 144 Å². The number of nitrogens with zero attached hydrogens (tertiary/aromatic N) is 3. The highest BCUT2D eigenvalue weighted by Gasteiger charge is 2.26. The third-order valence-electron chi connectivity index (χ3n) is 3.77. The van der Waals surface area contributed by atoms with Crippen LogP contribution in [0.3, 0.4) is 0 Å². The fourth-order valence-electron chi connectivity index (χ4n) is 2.55. The molecule has 1 aromatic heterocycles. The molecule has 2 aromatic rings. The van der Waals surface area contributed by atoms with E-state index < -0.39 is 0 Å². The van der Waals surface area contributed by atoms with Crippen LogP contribution in [0.1, 0.15) is 23.3 Å². The van der Waals surface area contributed by atoms with Crippen LogP contribution >= 0.6 is 23.4 Å². The lowest BCUT2D eigenvalue weighted by atomic mass is 10.1. The van der Waals surface area contributed by atoms with Crippen LogP contribution in [-0.2, 0) is 0 Å². The number of likely N-dealkylation sites (tertiary alicyclic amines) is 1. The Morgan fingerprint density at radius 3 is 2.48 bits per heavy atom. The van der Waals surface area contributed by atoms with E-state index in [1.165, 1.54) is 17.3 Å². The van der Waals surface area contributed by atoms with Crippen molar-refractivity contribution in [3.05, 3.63) is 47.4 Å². The minimum atomic E-state index is -0.134. The topological polar surface area (TPSA) is 72.1 Å². The molecule has 1 aliphatic heterocycles. The van der Waals surface area contributed by atoms with E-state index in [2.05, 4.69) is 9.97 Å². The van der Waals surface area contributed by atoms with Crippen LogP contribution in [-0.4, -0.2) is 39.1 Å². The number of aromatic nitrogens is 2. The maximum atomic E-state index is 12.4. The molecule has 5 nitrogen and oxygen atoms in total. The quantitative estimate of drug-likeness (QED) is 0.922. The first-order valence-electron chi connectivity index (χ1n) is 7.41. The second kappa shape index (κ2) is 7.19. The van der Waals surface area contributed by atoms with Gasteiger partial charge in [-0.25, -0.2) is 9.97 Å². The molecule has 0 aliphatic carbocycles. The molecule has 0 unspecified atom stereocenters. The summed E-state index contributed by atoms with van der Waals surface area (Å²) in [6, 6.07) is 7.87. The summed E-state index contributed by atoms with van der Waals surface area (Å²) in [5.74, 6) is 0.0562. The van der Waals surface area contributed by atoms with Gasteiger partial charge in [0.2, 0.25) is 0 Å². The second-order valence-corrected chi connectivity index (χ2v) is 7.16. The van der Waals surface area contributed by atoms with Crippen molar-refractivity contribution >= 4 is 35.1 Å². The van der Waals surface area contributed by atoms with Crippen LogP contribution in [0.15, 0.2) is 41.6 Å². The van der Waals surface area contributed by atoms with Crippen LogP contribution in [0.4, 0.5) is 5.82 Å². The lowest BCUT2D eigenvalue weighted by Gasteiger charge is -2.31. The van der Waals surface area contributed by atoms with Crippen LogP contribution in [0.25, 0.3) is 0 Å². The molecule has 0 radical (unpaired) electrons. The smallest absolute Gasteiger partial charge is 0.276 e. The van der Waals surface area contributed by atoms with E-state index >= 15 is 0 Å². The predicted octanol–water partition coefficient (Wildman–Crippen LogP) is 3.11. The van der Waals surface area contributed by atoms with E-state index in [9.17, 15) is 4.79 Å². The Bertz CT molecular complexity index is 687. The van der Waals surface area contributed by atoms with Gasteiger partial charge in [0.1, 0.15) is 0 Å². The summed E-state index contributed by atoms with van der Waals surface area (Å²) in [4.78, 5) is 23.4. The van der Waals surface area contributed by atoms with E-state index in [4.69, 9.17) is 17.3 Å². The van der Waals surface area contributed by atoms with Crippen molar-refractivity contribution in [2.45, 2.75) is 23.0 Å². The number of thioether (sulfide) groups is 1. The number of carbonyl (C=O) groups excluding carboxylic acids is 1. The summed E-state index contributed by atoms with van der Waals surface area (Å²) < 4.78 is 0. The minimum Gasteiger partial charge on any atom is -0.382 e.